The van der Waals surface area contributed by atoms with Crippen molar-refractivity contribution < 1.29 is 19.6 Å². The van der Waals surface area contributed by atoms with E-state index in [0.717, 1.165) is 4.90 Å². The number of hydrogen-bond acceptors (Lipinski definition) is 7. The maximum absolute atomic E-state index is 12.8. The Morgan fingerprint density at radius 2 is 1.70 bits per heavy atom. The van der Waals surface area contributed by atoms with Gasteiger partial charge in [-0.25, -0.2) is 5.01 Å². The van der Waals surface area contributed by atoms with Crippen LogP contribution in [0.2, 0.25) is 0 Å². The van der Waals surface area contributed by atoms with Gasteiger partial charge in [-0.1, -0.05) is 30.4 Å². The molecule has 0 radical (unpaired) electrons. The lowest BCUT2D eigenvalue weighted by Gasteiger charge is -2.40. The van der Waals surface area contributed by atoms with Gasteiger partial charge in [0.25, 0.3) is 5.69 Å². The van der Waals surface area contributed by atoms with Crippen LogP contribution in [0.3, 0.4) is 0 Å². The number of non-ortho nitro benzene ring substituents is 1. The number of likely N-dealkylation sites (tertiary alicyclic amines) is 1. The number of nitro groups is 1. The lowest BCUT2D eigenvalue weighted by Crippen LogP contribution is -2.55. The van der Waals surface area contributed by atoms with Crippen molar-refractivity contribution in [2.45, 2.75) is 18.2 Å². The van der Waals surface area contributed by atoms with Gasteiger partial charge < -0.3 is 10.5 Å². The number of aliphatic hydroxyl groups excluding tert-OH is 1. The predicted octanol–water partition coefficient (Wildman–Crippen LogP) is 1.88. The van der Waals surface area contributed by atoms with Gasteiger partial charge in [0.2, 0.25) is 11.8 Å². The van der Waals surface area contributed by atoms with Crippen molar-refractivity contribution in [2.75, 3.05) is 12.5 Å². The second kappa shape index (κ2) is 7.69. The number of amides is 2. The molecule has 30 heavy (non-hydrogen) atoms. The van der Waals surface area contributed by atoms with Crippen LogP contribution in [0.1, 0.15) is 11.7 Å². The molecule has 9 heteroatoms. The Kier molecular flexibility index (Phi) is 5.06. The summed E-state index contributed by atoms with van der Waals surface area (Å²) in [5, 5.41) is 23.5. The third-order valence-corrected chi connectivity index (χ3v) is 5.48. The molecule has 1 fully saturated rings. The Morgan fingerprint density at radius 3 is 2.33 bits per heavy atom. The Balaban J connectivity index is 1.70. The lowest BCUT2D eigenvalue weighted by molar-refractivity contribution is -0.384. The van der Waals surface area contributed by atoms with Crippen LogP contribution in [0.25, 0.3) is 0 Å². The van der Waals surface area contributed by atoms with Crippen LogP contribution in [0, 0.1) is 16.0 Å². The minimum Gasteiger partial charge on any atom is -0.386 e. The van der Waals surface area contributed by atoms with Crippen LogP contribution < -0.4 is 5.43 Å². The van der Waals surface area contributed by atoms with Gasteiger partial charge >= 0.3 is 0 Å². The molecule has 4 unspecified atom stereocenters. The molecule has 0 aliphatic carbocycles. The van der Waals surface area contributed by atoms with E-state index in [1.54, 1.807) is 17.2 Å². The zero-order chi connectivity index (χ0) is 21.4. The third kappa shape index (κ3) is 3.34. The number of benzene rings is 2. The third-order valence-electron chi connectivity index (χ3n) is 5.48. The normalized spacial score (nSPS) is 24.6. The average molecular weight is 408 g/mol. The molecule has 0 spiro atoms. The van der Waals surface area contributed by atoms with E-state index in [2.05, 4.69) is 5.43 Å². The lowest BCUT2D eigenvalue weighted by atomic mass is 9.90. The minimum atomic E-state index is -1.09. The molecule has 4 atom stereocenters. The largest absolute Gasteiger partial charge is 0.386 e. The molecule has 2 aliphatic heterocycles. The molecule has 2 aromatic rings. The molecule has 2 heterocycles. The van der Waals surface area contributed by atoms with Crippen LogP contribution in [-0.4, -0.2) is 50.9 Å². The summed E-state index contributed by atoms with van der Waals surface area (Å²) in [6.45, 7) is 0. The van der Waals surface area contributed by atoms with Gasteiger partial charge in [0.05, 0.1) is 23.0 Å². The summed E-state index contributed by atoms with van der Waals surface area (Å²) in [6.07, 6.45) is 2.25. The quantitative estimate of drug-likeness (QED) is 0.336. The first kappa shape index (κ1) is 19.7. The van der Waals surface area contributed by atoms with Crippen molar-refractivity contribution in [3.63, 3.8) is 0 Å². The zero-order valence-electron chi connectivity index (χ0n) is 16.1. The zero-order valence-corrected chi connectivity index (χ0v) is 16.1. The van der Waals surface area contributed by atoms with Gasteiger partial charge in [0.1, 0.15) is 6.04 Å². The monoisotopic (exact) mass is 408 g/mol. The minimum absolute atomic E-state index is 0.0809. The molecular formula is C21H20N4O5. The highest BCUT2D eigenvalue weighted by Crippen LogP contribution is 2.35. The number of imide groups is 1. The van der Waals surface area contributed by atoms with Crippen LogP contribution in [0.15, 0.2) is 66.7 Å². The van der Waals surface area contributed by atoms with Crippen molar-refractivity contribution in [1.82, 2.24) is 9.91 Å². The number of rotatable bonds is 5. The predicted molar refractivity (Wildman–Crippen MR) is 108 cm³/mol. The molecule has 0 aromatic heterocycles. The van der Waals surface area contributed by atoms with Gasteiger partial charge in [0, 0.05) is 24.9 Å². The van der Waals surface area contributed by atoms with E-state index in [-0.39, 0.29) is 17.5 Å². The van der Waals surface area contributed by atoms with Crippen molar-refractivity contribution in [1.29, 1.82) is 0 Å². The van der Waals surface area contributed by atoms with Gasteiger partial charge in [-0.3, -0.25) is 24.6 Å². The number of carbonyl (C=O) groups is 2. The summed E-state index contributed by atoms with van der Waals surface area (Å²) in [7, 11) is 1.44. The fraction of sp³-hybridized carbons (Fsp3) is 0.238. The number of aliphatic hydroxyl groups is 1. The van der Waals surface area contributed by atoms with Crippen molar-refractivity contribution in [3.05, 3.63) is 82.4 Å². The molecule has 4 rings (SSSR count). The molecule has 2 aromatic carbocycles. The van der Waals surface area contributed by atoms with E-state index in [4.69, 9.17) is 0 Å². The molecule has 2 N–H and O–H groups in total. The Bertz CT molecular complexity index is 1010. The van der Waals surface area contributed by atoms with E-state index in [1.165, 1.54) is 31.3 Å². The van der Waals surface area contributed by atoms with E-state index in [1.807, 2.05) is 30.3 Å². The molecule has 2 amide bonds. The summed E-state index contributed by atoms with van der Waals surface area (Å²) in [5.41, 5.74) is 4.24. The molecule has 0 bridgehead atoms. The van der Waals surface area contributed by atoms with Crippen molar-refractivity contribution >= 4 is 23.2 Å². The van der Waals surface area contributed by atoms with Gasteiger partial charge in [-0.05, 0) is 29.8 Å². The Morgan fingerprint density at radius 1 is 1.03 bits per heavy atom. The van der Waals surface area contributed by atoms with E-state index in [9.17, 15) is 24.8 Å². The standard InChI is InChI=1S/C21H20N4O5/c1-23-20(27)16-11-12-17(19(26)13-7-9-15(10-8-13)25(29)30)24(18(16)21(23)28)22-14-5-3-2-4-6-14/h2-12,16-19,22,26H,1H3. The topological polar surface area (TPSA) is 116 Å². The average Bonchev–Trinajstić information content (AvgIpc) is 2.98. The number of carbonyl (C=O) groups excluding carboxylic acids is 2. The van der Waals surface area contributed by atoms with Crippen LogP contribution in [0.5, 0.6) is 0 Å². The van der Waals surface area contributed by atoms with Crippen LogP contribution >= 0.6 is 0 Å². The molecule has 1 saturated heterocycles. The summed E-state index contributed by atoms with van der Waals surface area (Å²) < 4.78 is 0. The molecule has 0 saturated carbocycles. The number of hydrogen-bond donors (Lipinski definition) is 2. The van der Waals surface area contributed by atoms with Gasteiger partial charge in [-0.2, -0.15) is 0 Å². The maximum atomic E-state index is 12.8. The first-order chi connectivity index (χ1) is 14.4. The van der Waals surface area contributed by atoms with Crippen molar-refractivity contribution in [3.8, 4) is 0 Å². The molecule has 9 nitrogen and oxygen atoms in total. The molecular weight excluding hydrogens is 388 g/mol. The number of nitrogens with one attached hydrogen (secondary N) is 1. The number of likely N-dealkylation sites (N-methyl/N-ethyl adjacent to an activating group) is 1. The second-order valence-corrected chi connectivity index (χ2v) is 7.26. The summed E-state index contributed by atoms with van der Waals surface area (Å²) >= 11 is 0. The molecule has 2 aliphatic rings. The number of para-hydroxylation sites is 1. The number of nitrogens with zero attached hydrogens (tertiary/aromatic N) is 3. The Labute approximate surface area is 172 Å². The number of fused-ring (bicyclic) bond motifs is 1. The summed E-state index contributed by atoms with van der Waals surface area (Å²) in [6, 6.07) is 13.2. The highest BCUT2D eigenvalue weighted by molar-refractivity contribution is 6.08. The molecule has 154 valence electrons. The van der Waals surface area contributed by atoms with Gasteiger partial charge in [0.15, 0.2) is 0 Å². The first-order valence-corrected chi connectivity index (χ1v) is 9.40. The van der Waals surface area contributed by atoms with Crippen molar-refractivity contribution in [2.24, 2.45) is 5.92 Å². The summed E-state index contributed by atoms with van der Waals surface area (Å²) in [5.74, 6) is -1.32. The highest BCUT2D eigenvalue weighted by Gasteiger charge is 2.52. The Hall–Kier alpha value is -3.56. The smallest absolute Gasteiger partial charge is 0.269 e. The SMILES string of the molecule is CN1C(=O)C2C=CC(C(O)c3ccc([N+](=O)[O-])cc3)N(Nc3ccccc3)C2C1=O. The number of nitro benzene ring substituents is 1. The second-order valence-electron chi connectivity index (χ2n) is 7.26. The van der Waals surface area contributed by atoms with E-state index < -0.39 is 29.0 Å². The fourth-order valence-electron chi connectivity index (χ4n) is 3.86. The number of anilines is 1. The number of hydrazine groups is 1. The highest BCUT2D eigenvalue weighted by atomic mass is 16.6. The van der Waals surface area contributed by atoms with Gasteiger partial charge in [-0.15, -0.1) is 0 Å². The fourth-order valence-corrected chi connectivity index (χ4v) is 3.86. The first-order valence-electron chi connectivity index (χ1n) is 9.40. The van der Waals surface area contributed by atoms with E-state index >= 15 is 0 Å². The van der Waals surface area contributed by atoms with E-state index in [0.29, 0.717) is 11.3 Å². The maximum Gasteiger partial charge on any atom is 0.269 e. The summed E-state index contributed by atoms with van der Waals surface area (Å²) in [4.78, 5) is 36.8. The van der Waals surface area contributed by atoms with Crippen LogP contribution in [-0.2, 0) is 9.59 Å². The van der Waals surface area contributed by atoms with Crippen LogP contribution in [0.4, 0.5) is 11.4 Å².